The van der Waals surface area contributed by atoms with Gasteiger partial charge in [0.05, 0.1) is 0 Å². The van der Waals surface area contributed by atoms with Crippen LogP contribution in [-0.4, -0.2) is 14.8 Å². The number of anilines is 1. The summed E-state index contributed by atoms with van der Waals surface area (Å²) in [6, 6.07) is 15.6. The van der Waals surface area contributed by atoms with Gasteiger partial charge in [0, 0.05) is 28.6 Å². The van der Waals surface area contributed by atoms with Gasteiger partial charge in [0.2, 0.25) is 0 Å². The molecule has 0 aliphatic rings. The Hall–Kier alpha value is -1.98. The molecule has 0 radical (unpaired) electrons. The van der Waals surface area contributed by atoms with Crippen molar-refractivity contribution in [3.8, 4) is 11.4 Å². The van der Waals surface area contributed by atoms with Gasteiger partial charge < -0.3 is 10.3 Å². The Bertz CT molecular complexity index is 799. The predicted octanol–water partition coefficient (Wildman–Crippen LogP) is 4.49. The maximum Gasteiger partial charge on any atom is 0.191 e. The third-order valence-corrected chi connectivity index (χ3v) is 4.75. The second-order valence-electron chi connectivity index (χ2n) is 5.09. The van der Waals surface area contributed by atoms with Crippen molar-refractivity contribution in [2.24, 2.45) is 0 Å². The molecule has 0 saturated heterocycles. The molecule has 118 valence electrons. The third kappa shape index (κ3) is 3.68. The van der Waals surface area contributed by atoms with E-state index < -0.39 is 0 Å². The van der Waals surface area contributed by atoms with Gasteiger partial charge in [-0.3, -0.25) is 0 Å². The number of rotatable bonds is 5. The van der Waals surface area contributed by atoms with Crippen LogP contribution in [0.2, 0.25) is 5.02 Å². The summed E-state index contributed by atoms with van der Waals surface area (Å²) in [5, 5.41) is 10.3. The molecule has 3 rings (SSSR count). The van der Waals surface area contributed by atoms with Crippen LogP contribution in [0.25, 0.3) is 11.4 Å². The van der Waals surface area contributed by atoms with E-state index in [4.69, 9.17) is 17.3 Å². The quantitative estimate of drug-likeness (QED) is 0.547. The molecule has 0 saturated carbocycles. The second kappa shape index (κ2) is 7.06. The molecule has 0 atom stereocenters. The smallest absolute Gasteiger partial charge is 0.191 e. The zero-order valence-corrected chi connectivity index (χ0v) is 14.3. The SMILES string of the molecule is CCn1c(SCc2ccc(Cl)cc2)nnc1-c1cccc(N)c1. The first-order valence-electron chi connectivity index (χ1n) is 7.33. The minimum Gasteiger partial charge on any atom is -0.399 e. The van der Waals surface area contributed by atoms with E-state index >= 15 is 0 Å². The molecule has 0 unspecified atom stereocenters. The van der Waals surface area contributed by atoms with Gasteiger partial charge in [-0.25, -0.2) is 0 Å². The summed E-state index contributed by atoms with van der Waals surface area (Å²) in [5.74, 6) is 1.67. The zero-order valence-electron chi connectivity index (χ0n) is 12.7. The summed E-state index contributed by atoms with van der Waals surface area (Å²) in [7, 11) is 0. The Morgan fingerprint density at radius 3 is 2.61 bits per heavy atom. The lowest BCUT2D eigenvalue weighted by Gasteiger charge is -2.08. The lowest BCUT2D eigenvalue weighted by atomic mass is 10.2. The third-order valence-electron chi connectivity index (χ3n) is 3.46. The van der Waals surface area contributed by atoms with E-state index in [1.54, 1.807) is 11.8 Å². The average molecular weight is 345 g/mol. The largest absolute Gasteiger partial charge is 0.399 e. The van der Waals surface area contributed by atoms with Gasteiger partial charge in [0.15, 0.2) is 11.0 Å². The number of nitrogen functional groups attached to an aromatic ring is 1. The highest BCUT2D eigenvalue weighted by Crippen LogP contribution is 2.27. The van der Waals surface area contributed by atoms with Crippen molar-refractivity contribution in [3.05, 3.63) is 59.1 Å². The number of aromatic nitrogens is 3. The van der Waals surface area contributed by atoms with E-state index in [9.17, 15) is 0 Å². The topological polar surface area (TPSA) is 56.7 Å². The van der Waals surface area contributed by atoms with Gasteiger partial charge in [-0.05, 0) is 36.8 Å². The van der Waals surface area contributed by atoms with E-state index in [1.807, 2.05) is 48.5 Å². The van der Waals surface area contributed by atoms with Crippen LogP contribution in [0.4, 0.5) is 5.69 Å². The van der Waals surface area contributed by atoms with Crippen LogP contribution in [0.5, 0.6) is 0 Å². The van der Waals surface area contributed by atoms with Gasteiger partial charge in [0.25, 0.3) is 0 Å². The molecule has 23 heavy (non-hydrogen) atoms. The number of nitrogens with zero attached hydrogens (tertiary/aromatic N) is 3. The van der Waals surface area contributed by atoms with Crippen molar-refractivity contribution >= 4 is 29.1 Å². The number of halogens is 1. The molecule has 2 aromatic carbocycles. The molecule has 0 fully saturated rings. The molecule has 0 spiro atoms. The van der Waals surface area contributed by atoms with Crippen molar-refractivity contribution in [3.63, 3.8) is 0 Å². The molecular formula is C17H17ClN4S. The zero-order chi connectivity index (χ0) is 16.2. The van der Waals surface area contributed by atoms with Crippen LogP contribution in [0.1, 0.15) is 12.5 Å². The maximum atomic E-state index is 5.92. The van der Waals surface area contributed by atoms with Gasteiger partial charge in [-0.2, -0.15) is 0 Å². The summed E-state index contributed by atoms with van der Waals surface area (Å²) < 4.78 is 2.11. The van der Waals surface area contributed by atoms with E-state index in [0.29, 0.717) is 0 Å². The molecule has 2 N–H and O–H groups in total. The summed E-state index contributed by atoms with van der Waals surface area (Å²) >= 11 is 7.58. The van der Waals surface area contributed by atoms with E-state index in [2.05, 4.69) is 21.7 Å². The maximum absolute atomic E-state index is 5.92. The minimum absolute atomic E-state index is 0.725. The molecule has 0 bridgehead atoms. The lowest BCUT2D eigenvalue weighted by Crippen LogP contribution is -2.00. The van der Waals surface area contributed by atoms with Crippen molar-refractivity contribution in [2.75, 3.05) is 5.73 Å². The Labute approximate surface area is 144 Å². The van der Waals surface area contributed by atoms with Crippen LogP contribution >= 0.6 is 23.4 Å². The molecule has 0 amide bonds. The normalized spacial score (nSPS) is 10.9. The summed E-state index contributed by atoms with van der Waals surface area (Å²) in [5.41, 5.74) is 8.78. The molecule has 4 nitrogen and oxygen atoms in total. The summed E-state index contributed by atoms with van der Waals surface area (Å²) in [6.07, 6.45) is 0. The molecular weight excluding hydrogens is 328 g/mol. The fourth-order valence-corrected chi connectivity index (χ4v) is 3.38. The summed E-state index contributed by atoms with van der Waals surface area (Å²) in [4.78, 5) is 0. The lowest BCUT2D eigenvalue weighted by molar-refractivity contribution is 0.687. The second-order valence-corrected chi connectivity index (χ2v) is 6.47. The molecule has 0 aliphatic heterocycles. The predicted molar refractivity (Wildman–Crippen MR) is 96.6 cm³/mol. The highest BCUT2D eigenvalue weighted by Gasteiger charge is 2.13. The monoisotopic (exact) mass is 344 g/mol. The Morgan fingerprint density at radius 1 is 1.13 bits per heavy atom. The molecule has 1 heterocycles. The van der Waals surface area contributed by atoms with E-state index in [-0.39, 0.29) is 0 Å². The highest BCUT2D eigenvalue weighted by molar-refractivity contribution is 7.98. The van der Waals surface area contributed by atoms with Crippen molar-refractivity contribution in [2.45, 2.75) is 24.4 Å². The number of thioether (sulfide) groups is 1. The number of hydrogen-bond donors (Lipinski definition) is 1. The fraction of sp³-hybridized carbons (Fsp3) is 0.176. The molecule has 0 aliphatic carbocycles. The first kappa shape index (κ1) is 15.9. The van der Waals surface area contributed by atoms with Crippen molar-refractivity contribution in [1.29, 1.82) is 0 Å². The van der Waals surface area contributed by atoms with Crippen LogP contribution in [0, 0.1) is 0 Å². The van der Waals surface area contributed by atoms with Gasteiger partial charge in [-0.15, -0.1) is 10.2 Å². The van der Waals surface area contributed by atoms with Gasteiger partial charge in [-0.1, -0.05) is 47.6 Å². The fourth-order valence-electron chi connectivity index (χ4n) is 2.30. The molecule has 6 heteroatoms. The first-order valence-corrected chi connectivity index (χ1v) is 8.70. The van der Waals surface area contributed by atoms with Crippen molar-refractivity contribution < 1.29 is 0 Å². The van der Waals surface area contributed by atoms with Crippen LogP contribution < -0.4 is 5.73 Å². The Balaban J connectivity index is 1.82. The minimum atomic E-state index is 0.725. The van der Waals surface area contributed by atoms with Crippen LogP contribution in [0.15, 0.2) is 53.7 Å². The van der Waals surface area contributed by atoms with Gasteiger partial charge >= 0.3 is 0 Å². The molecule has 3 aromatic rings. The molecule has 1 aromatic heterocycles. The summed E-state index contributed by atoms with van der Waals surface area (Å²) in [6.45, 7) is 2.89. The van der Waals surface area contributed by atoms with E-state index in [1.165, 1.54) is 5.56 Å². The number of benzene rings is 2. The Morgan fingerprint density at radius 2 is 1.91 bits per heavy atom. The van der Waals surface area contributed by atoms with E-state index in [0.717, 1.165) is 39.6 Å². The van der Waals surface area contributed by atoms with Crippen LogP contribution in [-0.2, 0) is 12.3 Å². The standard InChI is InChI=1S/C17H17ClN4S/c1-2-22-16(13-4-3-5-15(19)10-13)20-21-17(22)23-11-12-6-8-14(18)9-7-12/h3-10H,2,11,19H2,1H3. The number of hydrogen-bond acceptors (Lipinski definition) is 4. The number of nitrogens with two attached hydrogens (primary N) is 1. The van der Waals surface area contributed by atoms with Crippen molar-refractivity contribution in [1.82, 2.24) is 14.8 Å². The first-order chi connectivity index (χ1) is 11.2. The average Bonchev–Trinajstić information content (AvgIpc) is 2.97. The van der Waals surface area contributed by atoms with Gasteiger partial charge in [0.1, 0.15) is 0 Å². The Kier molecular flexibility index (Phi) is 4.88. The van der Waals surface area contributed by atoms with Crippen LogP contribution in [0.3, 0.4) is 0 Å². The highest BCUT2D eigenvalue weighted by atomic mass is 35.5.